The minimum atomic E-state index is -3.40. The summed E-state index contributed by atoms with van der Waals surface area (Å²) in [7, 11) is -3.40. The molecule has 18 heavy (non-hydrogen) atoms. The Hall–Kier alpha value is -0.630. The monoisotopic (exact) mass is 291 g/mol. The fourth-order valence-electron chi connectivity index (χ4n) is 1.62. The van der Waals surface area contributed by atoms with Gasteiger partial charge >= 0.3 is 0 Å². The third-order valence-corrected chi connectivity index (χ3v) is 5.49. The summed E-state index contributed by atoms with van der Waals surface area (Å²) < 4.78 is 26.7. The smallest absolute Gasteiger partial charge is 0.250 e. The minimum absolute atomic E-state index is 0.276. The zero-order valence-electron chi connectivity index (χ0n) is 10.8. The molecule has 1 aromatic rings. The van der Waals surface area contributed by atoms with Gasteiger partial charge in [0.2, 0.25) is 10.0 Å². The molecule has 0 aliphatic carbocycles. The Bertz CT molecular complexity index is 457. The van der Waals surface area contributed by atoms with Crippen molar-refractivity contribution in [3.63, 3.8) is 0 Å². The van der Waals surface area contributed by atoms with E-state index >= 15 is 0 Å². The quantitative estimate of drug-likeness (QED) is 0.758. The summed E-state index contributed by atoms with van der Waals surface area (Å²) in [6.45, 7) is 7.26. The number of hydrogen-bond acceptors (Lipinski definition) is 5. The van der Waals surface area contributed by atoms with Crippen LogP contribution in [0.4, 0.5) is 5.69 Å². The van der Waals surface area contributed by atoms with Crippen LogP contribution in [0.25, 0.3) is 0 Å². The third kappa shape index (κ3) is 4.56. The molecule has 0 aromatic carbocycles. The van der Waals surface area contributed by atoms with E-state index in [1.54, 1.807) is 5.38 Å². The van der Waals surface area contributed by atoms with Gasteiger partial charge in [-0.15, -0.1) is 11.3 Å². The summed E-state index contributed by atoms with van der Waals surface area (Å²) in [5.74, 6) is 0. The maximum atomic E-state index is 11.9. The van der Waals surface area contributed by atoms with Crippen LogP contribution in [0.5, 0.6) is 0 Å². The Labute approximate surface area is 113 Å². The number of nitrogens with one attached hydrogen (secondary N) is 1. The topological polar surface area (TPSA) is 75.4 Å². The molecule has 0 saturated heterocycles. The van der Waals surface area contributed by atoms with Gasteiger partial charge in [0.1, 0.15) is 4.21 Å². The Morgan fingerprint density at radius 2 is 2.11 bits per heavy atom. The summed E-state index contributed by atoms with van der Waals surface area (Å²) in [4.78, 5) is 2.21. The maximum absolute atomic E-state index is 11.9. The molecule has 7 heteroatoms. The van der Waals surface area contributed by atoms with Crippen LogP contribution in [0.1, 0.15) is 20.3 Å². The zero-order valence-corrected chi connectivity index (χ0v) is 12.5. The number of nitrogens with zero attached hydrogens (tertiary/aromatic N) is 1. The third-order valence-electron chi connectivity index (χ3n) is 2.57. The first kappa shape index (κ1) is 15.4. The molecule has 1 rings (SSSR count). The second-order valence-electron chi connectivity index (χ2n) is 4.03. The van der Waals surface area contributed by atoms with Crippen molar-refractivity contribution < 1.29 is 8.42 Å². The summed E-state index contributed by atoms with van der Waals surface area (Å²) in [5.41, 5.74) is 6.01. The molecular formula is C11H21N3O2S2. The molecule has 1 aromatic heterocycles. The van der Waals surface area contributed by atoms with Gasteiger partial charge in [0.15, 0.2) is 0 Å². The largest absolute Gasteiger partial charge is 0.398 e. The SMILES string of the molecule is CCCN(CC)CCNS(=O)(=O)c1cc(N)cs1. The molecule has 0 spiro atoms. The lowest BCUT2D eigenvalue weighted by atomic mass is 10.4. The van der Waals surface area contributed by atoms with Crippen LogP contribution in [-0.2, 0) is 10.0 Å². The average Bonchev–Trinajstić information content (AvgIpc) is 2.75. The van der Waals surface area contributed by atoms with Gasteiger partial charge in [-0.1, -0.05) is 13.8 Å². The van der Waals surface area contributed by atoms with Gasteiger partial charge in [-0.05, 0) is 25.6 Å². The molecule has 104 valence electrons. The van der Waals surface area contributed by atoms with Gasteiger partial charge in [0, 0.05) is 24.2 Å². The highest BCUT2D eigenvalue weighted by atomic mass is 32.2. The highest BCUT2D eigenvalue weighted by Crippen LogP contribution is 2.20. The van der Waals surface area contributed by atoms with Crippen molar-refractivity contribution in [3.8, 4) is 0 Å². The predicted octanol–water partition coefficient (Wildman–Crippen LogP) is 1.34. The molecule has 0 amide bonds. The van der Waals surface area contributed by atoms with Gasteiger partial charge in [-0.3, -0.25) is 0 Å². The van der Waals surface area contributed by atoms with Gasteiger partial charge in [-0.25, -0.2) is 13.1 Å². The molecule has 0 aliphatic heterocycles. The van der Waals surface area contributed by atoms with Gasteiger partial charge in [0.05, 0.1) is 0 Å². The van der Waals surface area contributed by atoms with E-state index in [9.17, 15) is 8.42 Å². The molecule has 0 unspecified atom stereocenters. The van der Waals surface area contributed by atoms with Crippen LogP contribution in [0.3, 0.4) is 0 Å². The molecule has 0 radical (unpaired) electrons. The first-order chi connectivity index (χ1) is 8.49. The highest BCUT2D eigenvalue weighted by Gasteiger charge is 2.15. The Kier molecular flexibility index (Phi) is 6.07. The first-order valence-electron chi connectivity index (χ1n) is 6.05. The second kappa shape index (κ2) is 7.08. The Morgan fingerprint density at radius 3 is 2.61 bits per heavy atom. The molecule has 0 saturated carbocycles. The van der Waals surface area contributed by atoms with E-state index in [2.05, 4.69) is 23.5 Å². The summed E-state index contributed by atoms with van der Waals surface area (Å²) in [6, 6.07) is 1.48. The van der Waals surface area contributed by atoms with E-state index in [0.29, 0.717) is 12.2 Å². The normalized spacial score (nSPS) is 12.2. The number of nitrogen functional groups attached to an aromatic ring is 1. The summed E-state index contributed by atoms with van der Waals surface area (Å²) in [5, 5.41) is 1.63. The van der Waals surface area contributed by atoms with E-state index < -0.39 is 10.0 Å². The van der Waals surface area contributed by atoms with Crippen molar-refractivity contribution in [3.05, 3.63) is 11.4 Å². The van der Waals surface area contributed by atoms with E-state index in [0.717, 1.165) is 37.4 Å². The predicted molar refractivity (Wildman–Crippen MR) is 76.3 cm³/mol. The van der Waals surface area contributed by atoms with Gasteiger partial charge in [-0.2, -0.15) is 0 Å². The van der Waals surface area contributed by atoms with Crippen molar-refractivity contribution in [2.45, 2.75) is 24.5 Å². The van der Waals surface area contributed by atoms with Gasteiger partial charge < -0.3 is 10.6 Å². The standard InChI is InChI=1S/C11H21N3O2S2/c1-3-6-14(4-2)7-5-13-18(15,16)11-8-10(12)9-17-11/h8-9,13H,3-7,12H2,1-2H3. The number of sulfonamides is 1. The number of nitrogens with two attached hydrogens (primary N) is 1. The van der Waals surface area contributed by atoms with E-state index in [1.165, 1.54) is 6.07 Å². The molecular weight excluding hydrogens is 270 g/mol. The van der Waals surface area contributed by atoms with Crippen LogP contribution in [0, 0.1) is 0 Å². The van der Waals surface area contributed by atoms with Crippen molar-refractivity contribution in [1.29, 1.82) is 0 Å². The van der Waals surface area contributed by atoms with Crippen molar-refractivity contribution in [1.82, 2.24) is 9.62 Å². The average molecular weight is 291 g/mol. The van der Waals surface area contributed by atoms with Crippen molar-refractivity contribution >= 4 is 27.0 Å². The van der Waals surface area contributed by atoms with E-state index in [4.69, 9.17) is 5.73 Å². The zero-order chi connectivity index (χ0) is 13.6. The number of thiophene rings is 1. The lowest BCUT2D eigenvalue weighted by Gasteiger charge is -2.19. The Balaban J connectivity index is 2.47. The lowest BCUT2D eigenvalue weighted by Crippen LogP contribution is -2.35. The van der Waals surface area contributed by atoms with Crippen molar-refractivity contribution in [2.24, 2.45) is 0 Å². The molecule has 0 aliphatic rings. The second-order valence-corrected chi connectivity index (χ2v) is 6.94. The number of likely N-dealkylation sites (N-methyl/N-ethyl adjacent to an activating group) is 1. The Morgan fingerprint density at radius 1 is 1.39 bits per heavy atom. The molecule has 1 heterocycles. The van der Waals surface area contributed by atoms with Crippen LogP contribution in [0.2, 0.25) is 0 Å². The van der Waals surface area contributed by atoms with Crippen LogP contribution >= 0.6 is 11.3 Å². The maximum Gasteiger partial charge on any atom is 0.250 e. The summed E-state index contributed by atoms with van der Waals surface area (Å²) in [6.07, 6.45) is 1.07. The minimum Gasteiger partial charge on any atom is -0.398 e. The number of rotatable bonds is 8. The fraction of sp³-hybridized carbons (Fsp3) is 0.636. The van der Waals surface area contributed by atoms with Gasteiger partial charge in [0.25, 0.3) is 0 Å². The van der Waals surface area contributed by atoms with Crippen LogP contribution in [0.15, 0.2) is 15.7 Å². The first-order valence-corrected chi connectivity index (χ1v) is 8.42. The number of hydrogen-bond donors (Lipinski definition) is 2. The summed E-state index contributed by atoms with van der Waals surface area (Å²) >= 11 is 1.14. The fourth-order valence-corrected chi connectivity index (χ4v) is 3.77. The highest BCUT2D eigenvalue weighted by molar-refractivity contribution is 7.91. The van der Waals surface area contributed by atoms with Crippen LogP contribution < -0.4 is 10.5 Å². The van der Waals surface area contributed by atoms with E-state index in [1.807, 2.05) is 0 Å². The molecule has 5 nitrogen and oxygen atoms in total. The lowest BCUT2D eigenvalue weighted by molar-refractivity contribution is 0.293. The number of anilines is 1. The molecule has 0 atom stereocenters. The van der Waals surface area contributed by atoms with Crippen LogP contribution in [-0.4, -0.2) is 39.5 Å². The molecule has 0 fully saturated rings. The van der Waals surface area contributed by atoms with E-state index in [-0.39, 0.29) is 4.21 Å². The molecule has 3 N–H and O–H groups in total. The molecule has 0 bridgehead atoms. The van der Waals surface area contributed by atoms with Crippen molar-refractivity contribution in [2.75, 3.05) is 31.9 Å².